The molecule has 0 aromatic carbocycles. The quantitative estimate of drug-likeness (QED) is 0.766. The highest BCUT2D eigenvalue weighted by Gasteiger charge is 2.31. The number of nitrogens with zero attached hydrogens (tertiary/aromatic N) is 3. The van der Waals surface area contributed by atoms with Crippen molar-refractivity contribution in [1.29, 1.82) is 0 Å². The molecule has 1 aliphatic rings. The molecule has 1 aliphatic heterocycles. The van der Waals surface area contributed by atoms with Gasteiger partial charge in [-0.25, -0.2) is 13.4 Å². The fourth-order valence-corrected chi connectivity index (χ4v) is 3.92. The van der Waals surface area contributed by atoms with Crippen LogP contribution in [0.15, 0.2) is 11.2 Å². The number of carbonyl (C=O) groups excluding carboxylic acids is 1. The van der Waals surface area contributed by atoms with Crippen molar-refractivity contribution < 1.29 is 13.2 Å². The summed E-state index contributed by atoms with van der Waals surface area (Å²) in [6.45, 7) is 5.41. The molecule has 0 saturated carbocycles. The fourth-order valence-electron chi connectivity index (χ4n) is 2.46. The minimum Gasteiger partial charge on any atom is -0.334 e. The molecule has 0 atom stereocenters. The molecule has 0 unspecified atom stereocenters. The van der Waals surface area contributed by atoms with Crippen molar-refractivity contribution in [2.24, 2.45) is 5.92 Å². The third-order valence-corrected chi connectivity index (χ3v) is 5.48. The number of aryl methyl sites for hydroxylation is 2. The largest absolute Gasteiger partial charge is 0.334 e. The Morgan fingerprint density at radius 1 is 1.40 bits per heavy atom. The summed E-state index contributed by atoms with van der Waals surface area (Å²) in [5, 5.41) is 0.119. The Labute approximate surface area is 119 Å². The number of aromatic nitrogens is 2. The second kappa shape index (κ2) is 6.05. The normalized spacial score (nSPS) is 18.3. The van der Waals surface area contributed by atoms with Crippen LogP contribution in [0.1, 0.15) is 32.0 Å². The molecule has 0 N–H and O–H groups in total. The minimum absolute atomic E-state index is 0.0131. The predicted octanol–water partition coefficient (Wildman–Crippen LogP) is 1.20. The summed E-state index contributed by atoms with van der Waals surface area (Å²) < 4.78 is 28.3. The second-order valence-electron chi connectivity index (χ2n) is 5.20. The highest BCUT2D eigenvalue weighted by molar-refractivity contribution is 7.89. The summed E-state index contributed by atoms with van der Waals surface area (Å²) in [5.41, 5.74) is 0. The first-order valence-electron chi connectivity index (χ1n) is 6.98. The molecule has 1 fully saturated rings. The first-order valence-corrected chi connectivity index (χ1v) is 8.42. The average Bonchev–Trinajstić information content (AvgIpc) is 2.81. The van der Waals surface area contributed by atoms with E-state index < -0.39 is 10.0 Å². The van der Waals surface area contributed by atoms with E-state index in [4.69, 9.17) is 0 Å². The van der Waals surface area contributed by atoms with Crippen molar-refractivity contribution in [3.8, 4) is 0 Å². The van der Waals surface area contributed by atoms with Gasteiger partial charge < -0.3 is 9.36 Å². The van der Waals surface area contributed by atoms with Gasteiger partial charge in [-0.1, -0.05) is 6.92 Å². The van der Waals surface area contributed by atoms with E-state index in [1.165, 1.54) is 4.31 Å². The van der Waals surface area contributed by atoms with Crippen LogP contribution in [-0.4, -0.2) is 41.6 Å². The molecule has 112 valence electrons. The fraction of sp³-hybridized carbons (Fsp3) is 0.692. The van der Waals surface area contributed by atoms with Crippen LogP contribution in [0.3, 0.4) is 0 Å². The number of carbonyl (C=O) groups is 1. The van der Waals surface area contributed by atoms with Crippen LogP contribution in [0.5, 0.6) is 0 Å². The number of aldehydes is 1. The standard InChI is InChI=1S/C13H21N3O3S/c1-3-6-15-9-13(14-11(15)2)20(18,19)16-7-4-12(10-17)5-8-16/h9-10,12H,3-8H2,1-2H3. The Kier molecular flexibility index (Phi) is 4.59. The Hall–Kier alpha value is -1.21. The van der Waals surface area contributed by atoms with Crippen molar-refractivity contribution in [3.63, 3.8) is 0 Å². The van der Waals surface area contributed by atoms with Gasteiger partial charge in [0, 0.05) is 31.7 Å². The van der Waals surface area contributed by atoms with Crippen LogP contribution in [-0.2, 0) is 21.4 Å². The predicted molar refractivity (Wildman–Crippen MR) is 74.8 cm³/mol. The lowest BCUT2D eigenvalue weighted by molar-refractivity contribution is -0.112. The summed E-state index contributed by atoms with van der Waals surface area (Å²) in [4.78, 5) is 14.9. The maximum absolute atomic E-state index is 12.5. The van der Waals surface area contributed by atoms with Gasteiger partial charge in [0.2, 0.25) is 0 Å². The summed E-state index contributed by atoms with van der Waals surface area (Å²) in [6, 6.07) is 0. The van der Waals surface area contributed by atoms with Crippen molar-refractivity contribution in [1.82, 2.24) is 13.9 Å². The Morgan fingerprint density at radius 3 is 2.60 bits per heavy atom. The summed E-state index contributed by atoms with van der Waals surface area (Å²) in [5.74, 6) is 0.703. The van der Waals surface area contributed by atoms with Gasteiger partial charge in [-0.05, 0) is 26.2 Å². The first-order chi connectivity index (χ1) is 9.48. The number of hydrogen-bond donors (Lipinski definition) is 0. The Balaban J connectivity index is 2.18. The van der Waals surface area contributed by atoms with Crippen molar-refractivity contribution >= 4 is 16.3 Å². The lowest BCUT2D eigenvalue weighted by Gasteiger charge is -2.27. The van der Waals surface area contributed by atoms with Crippen molar-refractivity contribution in [3.05, 3.63) is 12.0 Å². The van der Waals surface area contributed by atoms with Gasteiger partial charge in [-0.2, -0.15) is 4.31 Å². The Bertz CT molecular complexity index is 572. The molecule has 7 heteroatoms. The van der Waals surface area contributed by atoms with Gasteiger partial charge in [0.05, 0.1) is 0 Å². The minimum atomic E-state index is -3.53. The number of sulfonamides is 1. The highest BCUT2D eigenvalue weighted by atomic mass is 32.2. The molecule has 0 spiro atoms. The summed E-state index contributed by atoms with van der Waals surface area (Å²) in [6.07, 6.45) is 4.65. The van der Waals surface area contributed by atoms with E-state index in [9.17, 15) is 13.2 Å². The summed E-state index contributed by atoms with van der Waals surface area (Å²) >= 11 is 0. The van der Waals surface area contributed by atoms with Gasteiger partial charge in [-0.3, -0.25) is 0 Å². The lowest BCUT2D eigenvalue weighted by Crippen LogP contribution is -2.38. The first kappa shape index (κ1) is 15.2. The molecule has 0 aliphatic carbocycles. The number of hydrogen-bond acceptors (Lipinski definition) is 4. The maximum Gasteiger partial charge on any atom is 0.262 e. The molecule has 0 radical (unpaired) electrons. The van der Waals surface area contributed by atoms with Crippen molar-refractivity contribution in [2.75, 3.05) is 13.1 Å². The van der Waals surface area contributed by atoms with Gasteiger partial charge in [-0.15, -0.1) is 0 Å². The van der Waals surface area contributed by atoms with Crippen LogP contribution in [0.4, 0.5) is 0 Å². The smallest absolute Gasteiger partial charge is 0.262 e. The van der Waals surface area contributed by atoms with Gasteiger partial charge in [0.25, 0.3) is 10.0 Å². The molecule has 0 amide bonds. The second-order valence-corrected chi connectivity index (χ2v) is 7.08. The van der Waals surface area contributed by atoms with E-state index in [1.54, 1.807) is 6.20 Å². The molecule has 1 aromatic heterocycles. The zero-order valence-electron chi connectivity index (χ0n) is 11.9. The lowest BCUT2D eigenvalue weighted by atomic mass is 10.0. The maximum atomic E-state index is 12.5. The van der Waals surface area contributed by atoms with Crippen LogP contribution in [0.25, 0.3) is 0 Å². The van der Waals surface area contributed by atoms with Gasteiger partial charge in [0.15, 0.2) is 5.03 Å². The topological polar surface area (TPSA) is 72.3 Å². The van der Waals surface area contributed by atoms with E-state index in [0.717, 1.165) is 19.3 Å². The third kappa shape index (κ3) is 2.93. The average molecular weight is 299 g/mol. The van der Waals surface area contributed by atoms with E-state index in [-0.39, 0.29) is 10.9 Å². The summed E-state index contributed by atoms with van der Waals surface area (Å²) in [7, 11) is -3.53. The molecule has 2 rings (SSSR count). The molecular formula is C13H21N3O3S. The van der Waals surface area contributed by atoms with E-state index in [1.807, 2.05) is 18.4 Å². The zero-order valence-corrected chi connectivity index (χ0v) is 12.8. The SMILES string of the molecule is CCCn1cc(S(=O)(=O)N2CCC(C=O)CC2)nc1C. The van der Waals surface area contributed by atoms with E-state index >= 15 is 0 Å². The van der Waals surface area contributed by atoms with Crippen LogP contribution < -0.4 is 0 Å². The van der Waals surface area contributed by atoms with Crippen LogP contribution in [0.2, 0.25) is 0 Å². The van der Waals surface area contributed by atoms with Crippen LogP contribution in [0, 0.1) is 12.8 Å². The molecule has 2 heterocycles. The number of imidazole rings is 1. The number of rotatable bonds is 5. The molecule has 1 aromatic rings. The highest BCUT2D eigenvalue weighted by Crippen LogP contribution is 2.22. The zero-order chi connectivity index (χ0) is 14.8. The monoisotopic (exact) mass is 299 g/mol. The third-order valence-electron chi connectivity index (χ3n) is 3.71. The van der Waals surface area contributed by atoms with Crippen molar-refractivity contribution in [2.45, 2.75) is 44.7 Å². The molecule has 1 saturated heterocycles. The molecule has 0 bridgehead atoms. The van der Waals surface area contributed by atoms with Gasteiger partial charge >= 0.3 is 0 Å². The molecular weight excluding hydrogens is 278 g/mol. The number of piperidine rings is 1. The van der Waals surface area contributed by atoms with E-state index in [2.05, 4.69) is 4.98 Å². The van der Waals surface area contributed by atoms with Gasteiger partial charge in [0.1, 0.15) is 12.1 Å². The van der Waals surface area contributed by atoms with E-state index in [0.29, 0.717) is 31.8 Å². The molecule has 20 heavy (non-hydrogen) atoms. The Morgan fingerprint density at radius 2 is 2.05 bits per heavy atom. The molecule has 6 nitrogen and oxygen atoms in total. The van der Waals surface area contributed by atoms with Crippen LogP contribution >= 0.6 is 0 Å².